The number of hydrogen-bond donors (Lipinski definition) is 2. The van der Waals surface area contributed by atoms with Crippen LogP contribution in [-0.4, -0.2) is 5.91 Å². The quantitative estimate of drug-likeness (QED) is 0.688. The summed E-state index contributed by atoms with van der Waals surface area (Å²) in [4.78, 5) is 13.0. The number of carbonyl (C=O) groups excluding carboxylic acids is 1. The van der Waals surface area contributed by atoms with E-state index < -0.39 is 0 Å². The number of rotatable bonds is 2. The van der Waals surface area contributed by atoms with E-state index in [2.05, 4.69) is 21.2 Å². The van der Waals surface area contributed by atoms with E-state index in [1.165, 1.54) is 11.3 Å². The van der Waals surface area contributed by atoms with E-state index in [4.69, 9.17) is 5.73 Å². The summed E-state index contributed by atoms with van der Waals surface area (Å²) in [6, 6.07) is 13.5. The molecule has 3 rings (SSSR count). The molecule has 0 aliphatic carbocycles. The van der Waals surface area contributed by atoms with Gasteiger partial charge in [0.1, 0.15) is 4.88 Å². The maximum atomic E-state index is 12.4. The normalized spacial score (nSPS) is 10.8. The van der Waals surface area contributed by atoms with E-state index in [0.717, 1.165) is 25.8 Å². The van der Waals surface area contributed by atoms with Crippen LogP contribution in [0.4, 0.5) is 11.4 Å². The molecule has 2 aromatic carbocycles. The summed E-state index contributed by atoms with van der Waals surface area (Å²) in [6.07, 6.45) is 0. The van der Waals surface area contributed by atoms with Crippen LogP contribution in [0.2, 0.25) is 0 Å². The highest BCUT2D eigenvalue weighted by molar-refractivity contribution is 9.10. The van der Waals surface area contributed by atoms with Crippen molar-refractivity contribution in [2.24, 2.45) is 0 Å². The molecular weight excluding hydrogens is 348 g/mol. The number of amides is 1. The Balaban J connectivity index is 1.99. The first-order valence-electron chi connectivity index (χ1n) is 6.41. The van der Waals surface area contributed by atoms with Gasteiger partial charge in [0.25, 0.3) is 5.91 Å². The molecule has 3 aromatic rings. The van der Waals surface area contributed by atoms with Gasteiger partial charge in [-0.2, -0.15) is 0 Å². The van der Waals surface area contributed by atoms with E-state index in [0.29, 0.717) is 10.6 Å². The fourth-order valence-electron chi connectivity index (χ4n) is 2.21. The molecule has 0 spiro atoms. The average Bonchev–Trinajstić information content (AvgIpc) is 2.77. The zero-order valence-corrected chi connectivity index (χ0v) is 13.7. The molecule has 0 bridgehead atoms. The maximum Gasteiger partial charge on any atom is 0.267 e. The zero-order chi connectivity index (χ0) is 15.0. The van der Waals surface area contributed by atoms with Crippen molar-refractivity contribution in [3.8, 4) is 0 Å². The maximum absolute atomic E-state index is 12.4. The standard InChI is InChI=1S/C16H13BrN2OS/c1-9-4-2-5-10(8-9)19-16(20)15-14(18)13-11(17)6-3-7-12(13)21-15/h2-8H,18H2,1H3,(H,19,20). The second kappa shape index (κ2) is 5.50. The molecule has 0 aliphatic heterocycles. The Hall–Kier alpha value is -1.85. The summed E-state index contributed by atoms with van der Waals surface area (Å²) in [5.41, 5.74) is 8.54. The SMILES string of the molecule is Cc1cccc(NC(=O)c2sc3cccc(Br)c3c2N)c1. The highest BCUT2D eigenvalue weighted by atomic mass is 79.9. The van der Waals surface area contributed by atoms with Crippen LogP contribution in [0.5, 0.6) is 0 Å². The van der Waals surface area contributed by atoms with Gasteiger partial charge in [0.05, 0.1) is 5.69 Å². The molecule has 5 heteroatoms. The van der Waals surface area contributed by atoms with Crippen molar-refractivity contribution < 1.29 is 4.79 Å². The van der Waals surface area contributed by atoms with Gasteiger partial charge in [-0.3, -0.25) is 4.79 Å². The first-order chi connectivity index (χ1) is 10.1. The molecule has 3 nitrogen and oxygen atoms in total. The highest BCUT2D eigenvalue weighted by Gasteiger charge is 2.18. The number of halogens is 1. The third-order valence-electron chi connectivity index (χ3n) is 3.18. The summed E-state index contributed by atoms with van der Waals surface area (Å²) in [7, 11) is 0. The Morgan fingerprint density at radius 1 is 1.24 bits per heavy atom. The second-order valence-corrected chi connectivity index (χ2v) is 6.69. The summed E-state index contributed by atoms with van der Waals surface area (Å²) < 4.78 is 1.90. The van der Waals surface area contributed by atoms with Gasteiger partial charge in [-0.1, -0.05) is 34.1 Å². The van der Waals surface area contributed by atoms with Gasteiger partial charge < -0.3 is 11.1 Å². The lowest BCUT2D eigenvalue weighted by atomic mass is 10.2. The third-order valence-corrected chi connectivity index (χ3v) is 5.01. The Bertz CT molecular complexity index is 841. The molecule has 3 N–H and O–H groups in total. The van der Waals surface area contributed by atoms with Gasteiger partial charge in [0, 0.05) is 20.2 Å². The fourth-order valence-corrected chi connectivity index (χ4v) is 3.96. The molecule has 21 heavy (non-hydrogen) atoms. The number of nitrogens with one attached hydrogen (secondary N) is 1. The third kappa shape index (κ3) is 2.66. The molecule has 106 valence electrons. The molecule has 0 aliphatic rings. The lowest BCUT2D eigenvalue weighted by Gasteiger charge is -2.05. The molecule has 1 heterocycles. The second-order valence-electron chi connectivity index (χ2n) is 4.78. The van der Waals surface area contributed by atoms with Crippen LogP contribution in [0, 0.1) is 6.92 Å². The minimum absolute atomic E-state index is 0.175. The number of fused-ring (bicyclic) bond motifs is 1. The number of benzene rings is 2. The highest BCUT2D eigenvalue weighted by Crippen LogP contribution is 2.38. The number of carbonyl (C=O) groups is 1. The van der Waals surface area contributed by atoms with Crippen molar-refractivity contribution >= 4 is 54.6 Å². The lowest BCUT2D eigenvalue weighted by Crippen LogP contribution is -2.11. The van der Waals surface area contributed by atoms with E-state index >= 15 is 0 Å². The predicted octanol–water partition coefficient (Wildman–Crippen LogP) is 4.81. The number of nitrogen functional groups attached to an aromatic ring is 1. The van der Waals surface area contributed by atoms with E-state index in [1.807, 2.05) is 49.4 Å². The van der Waals surface area contributed by atoms with E-state index in [1.54, 1.807) is 0 Å². The smallest absolute Gasteiger partial charge is 0.267 e. The van der Waals surface area contributed by atoms with Gasteiger partial charge in [-0.15, -0.1) is 11.3 Å². The van der Waals surface area contributed by atoms with Crippen molar-refractivity contribution in [3.63, 3.8) is 0 Å². The summed E-state index contributed by atoms with van der Waals surface area (Å²) in [6.45, 7) is 1.99. The largest absolute Gasteiger partial charge is 0.397 e. The Kier molecular flexibility index (Phi) is 3.69. The summed E-state index contributed by atoms with van der Waals surface area (Å²) >= 11 is 4.88. The lowest BCUT2D eigenvalue weighted by molar-refractivity contribution is 0.103. The topological polar surface area (TPSA) is 55.1 Å². The minimum Gasteiger partial charge on any atom is -0.397 e. The van der Waals surface area contributed by atoms with Crippen LogP contribution < -0.4 is 11.1 Å². The molecule has 0 saturated heterocycles. The summed E-state index contributed by atoms with van der Waals surface area (Å²) in [5.74, 6) is -0.175. The average molecular weight is 361 g/mol. The van der Waals surface area contributed by atoms with Crippen LogP contribution in [0.25, 0.3) is 10.1 Å². The van der Waals surface area contributed by atoms with Crippen molar-refractivity contribution in [3.05, 3.63) is 57.4 Å². The Morgan fingerprint density at radius 3 is 2.71 bits per heavy atom. The van der Waals surface area contributed by atoms with Gasteiger partial charge in [0.15, 0.2) is 0 Å². The van der Waals surface area contributed by atoms with Crippen molar-refractivity contribution in [1.82, 2.24) is 0 Å². The zero-order valence-electron chi connectivity index (χ0n) is 11.3. The van der Waals surface area contributed by atoms with Gasteiger partial charge >= 0.3 is 0 Å². The predicted molar refractivity (Wildman–Crippen MR) is 93.1 cm³/mol. The molecule has 0 atom stereocenters. The van der Waals surface area contributed by atoms with Gasteiger partial charge in [-0.25, -0.2) is 0 Å². The van der Waals surface area contributed by atoms with E-state index in [-0.39, 0.29) is 5.91 Å². The molecule has 0 fully saturated rings. The molecule has 0 radical (unpaired) electrons. The number of hydrogen-bond acceptors (Lipinski definition) is 3. The summed E-state index contributed by atoms with van der Waals surface area (Å²) in [5, 5.41) is 3.80. The number of anilines is 2. The Morgan fingerprint density at radius 2 is 2.00 bits per heavy atom. The van der Waals surface area contributed by atoms with Crippen LogP contribution in [0.15, 0.2) is 46.9 Å². The molecule has 1 aromatic heterocycles. The monoisotopic (exact) mass is 360 g/mol. The fraction of sp³-hybridized carbons (Fsp3) is 0.0625. The van der Waals surface area contributed by atoms with Crippen LogP contribution in [0.3, 0.4) is 0 Å². The van der Waals surface area contributed by atoms with Gasteiger partial charge in [0.2, 0.25) is 0 Å². The molecule has 0 saturated carbocycles. The molecule has 1 amide bonds. The first-order valence-corrected chi connectivity index (χ1v) is 8.01. The molecule has 0 unspecified atom stereocenters. The van der Waals surface area contributed by atoms with Crippen LogP contribution >= 0.6 is 27.3 Å². The van der Waals surface area contributed by atoms with Gasteiger partial charge in [-0.05, 0) is 36.8 Å². The number of nitrogens with two attached hydrogens (primary N) is 1. The van der Waals surface area contributed by atoms with Crippen molar-refractivity contribution in [2.45, 2.75) is 6.92 Å². The number of aryl methyl sites for hydroxylation is 1. The van der Waals surface area contributed by atoms with Crippen LogP contribution in [-0.2, 0) is 0 Å². The Labute approximate surface area is 134 Å². The van der Waals surface area contributed by atoms with Crippen molar-refractivity contribution in [2.75, 3.05) is 11.1 Å². The minimum atomic E-state index is -0.175. The van der Waals surface area contributed by atoms with Crippen LogP contribution in [0.1, 0.15) is 15.2 Å². The van der Waals surface area contributed by atoms with Crippen molar-refractivity contribution in [1.29, 1.82) is 0 Å². The first kappa shape index (κ1) is 14.1. The van der Waals surface area contributed by atoms with E-state index in [9.17, 15) is 4.79 Å². The molecular formula is C16H13BrN2OS. The number of thiophene rings is 1.